The van der Waals surface area contributed by atoms with Gasteiger partial charge in [0.15, 0.2) is 17.3 Å². The highest BCUT2D eigenvalue weighted by atomic mass is 79.9. The molecule has 0 radical (unpaired) electrons. The number of nitrogens with zero attached hydrogens (tertiary/aromatic N) is 4. The van der Waals surface area contributed by atoms with Crippen LogP contribution in [0.1, 0.15) is 0 Å². The lowest BCUT2D eigenvalue weighted by Gasteiger charge is -2.14. The Hall–Kier alpha value is -3.86. The number of rotatable bonds is 8. The normalized spacial score (nSPS) is 10.5. The first-order valence-electron chi connectivity index (χ1n) is 9.45. The van der Waals surface area contributed by atoms with Gasteiger partial charge in [-0.05, 0) is 15.9 Å². The third kappa shape index (κ3) is 4.42. The Balaban J connectivity index is 1.56. The minimum Gasteiger partial charge on any atom is -0.493 e. The van der Waals surface area contributed by atoms with Crippen molar-refractivity contribution < 1.29 is 14.2 Å². The average Bonchev–Trinajstić information content (AvgIpc) is 3.19. The van der Waals surface area contributed by atoms with Gasteiger partial charge in [0.1, 0.15) is 6.33 Å². The molecule has 0 aliphatic heterocycles. The Labute approximate surface area is 192 Å². The zero-order valence-corrected chi connectivity index (χ0v) is 19.1. The van der Waals surface area contributed by atoms with E-state index in [0.717, 1.165) is 15.7 Å². The number of aromatic amines is 1. The standard InChI is InChI=1S/C21H20BrN7O3/c1-30-14-9-13(10-15(31-2)18(14)32-3)25-20-23-11-24-21(27-20)26-19-16(22)17(28-29-19)12-7-5-4-6-8-12/h4-11H,1-3H3,(H3,23,24,25,26,27,28,29). The molecule has 3 N–H and O–H groups in total. The van der Waals surface area contributed by atoms with Crippen LogP contribution in [0.15, 0.2) is 53.3 Å². The van der Waals surface area contributed by atoms with Crippen molar-refractivity contribution in [2.45, 2.75) is 0 Å². The quantitative estimate of drug-likeness (QED) is 0.322. The van der Waals surface area contributed by atoms with E-state index in [-0.39, 0.29) is 0 Å². The van der Waals surface area contributed by atoms with E-state index < -0.39 is 0 Å². The van der Waals surface area contributed by atoms with E-state index in [9.17, 15) is 0 Å². The fourth-order valence-electron chi connectivity index (χ4n) is 3.01. The summed E-state index contributed by atoms with van der Waals surface area (Å²) in [4.78, 5) is 12.8. The van der Waals surface area contributed by atoms with Gasteiger partial charge in [-0.15, -0.1) is 0 Å². The smallest absolute Gasteiger partial charge is 0.233 e. The van der Waals surface area contributed by atoms with Crippen LogP contribution in [-0.4, -0.2) is 46.5 Å². The molecule has 0 fully saturated rings. The first kappa shape index (κ1) is 21.4. The summed E-state index contributed by atoms with van der Waals surface area (Å²) < 4.78 is 16.9. The Morgan fingerprint density at radius 2 is 1.53 bits per heavy atom. The van der Waals surface area contributed by atoms with Crippen molar-refractivity contribution in [2.75, 3.05) is 32.0 Å². The van der Waals surface area contributed by atoms with E-state index >= 15 is 0 Å². The number of ether oxygens (including phenoxy) is 3. The molecule has 0 spiro atoms. The molecule has 4 rings (SSSR count). The van der Waals surface area contributed by atoms with Crippen molar-refractivity contribution in [1.82, 2.24) is 25.1 Å². The summed E-state index contributed by atoms with van der Waals surface area (Å²) in [5.41, 5.74) is 2.50. The van der Waals surface area contributed by atoms with Crippen molar-refractivity contribution in [2.24, 2.45) is 0 Å². The first-order chi connectivity index (χ1) is 15.6. The number of hydrogen-bond acceptors (Lipinski definition) is 9. The van der Waals surface area contributed by atoms with Gasteiger partial charge in [-0.1, -0.05) is 30.3 Å². The van der Waals surface area contributed by atoms with Gasteiger partial charge < -0.3 is 24.8 Å². The lowest BCUT2D eigenvalue weighted by molar-refractivity contribution is 0.324. The largest absolute Gasteiger partial charge is 0.493 e. The highest BCUT2D eigenvalue weighted by Gasteiger charge is 2.15. The van der Waals surface area contributed by atoms with Crippen LogP contribution in [0.2, 0.25) is 0 Å². The number of nitrogens with one attached hydrogen (secondary N) is 3. The molecular formula is C21H20BrN7O3. The summed E-state index contributed by atoms with van der Waals surface area (Å²) in [6, 6.07) is 13.4. The predicted octanol–water partition coefficient (Wildman–Crippen LogP) is 4.54. The second-order valence-corrected chi connectivity index (χ2v) is 7.22. The minimum absolute atomic E-state index is 0.321. The Bertz CT molecular complexity index is 1190. The molecule has 0 aliphatic rings. The molecule has 11 heteroatoms. The van der Waals surface area contributed by atoms with Crippen LogP contribution >= 0.6 is 15.9 Å². The van der Waals surface area contributed by atoms with Gasteiger partial charge in [0.25, 0.3) is 0 Å². The zero-order valence-electron chi connectivity index (χ0n) is 17.5. The number of hydrogen-bond donors (Lipinski definition) is 3. The third-order valence-electron chi connectivity index (χ3n) is 4.49. The second kappa shape index (κ2) is 9.52. The summed E-state index contributed by atoms with van der Waals surface area (Å²) in [6.45, 7) is 0. The molecule has 2 aromatic heterocycles. The second-order valence-electron chi connectivity index (χ2n) is 6.42. The van der Waals surface area contributed by atoms with Gasteiger partial charge in [-0.25, -0.2) is 9.97 Å². The predicted molar refractivity (Wildman–Crippen MR) is 124 cm³/mol. The van der Waals surface area contributed by atoms with E-state index in [1.54, 1.807) is 33.5 Å². The van der Waals surface area contributed by atoms with Crippen molar-refractivity contribution in [3.05, 3.63) is 53.3 Å². The van der Waals surface area contributed by atoms with Crippen molar-refractivity contribution in [3.63, 3.8) is 0 Å². The lowest BCUT2D eigenvalue weighted by atomic mass is 10.1. The number of methoxy groups -OCH3 is 3. The van der Waals surface area contributed by atoms with E-state index in [2.05, 4.69) is 51.7 Å². The van der Waals surface area contributed by atoms with Crippen LogP contribution in [0, 0.1) is 0 Å². The maximum atomic E-state index is 5.38. The fourth-order valence-corrected chi connectivity index (χ4v) is 3.52. The van der Waals surface area contributed by atoms with Gasteiger partial charge in [0, 0.05) is 23.4 Å². The van der Waals surface area contributed by atoms with E-state index in [1.165, 1.54) is 6.33 Å². The first-order valence-corrected chi connectivity index (χ1v) is 10.2. The third-order valence-corrected chi connectivity index (χ3v) is 5.26. The minimum atomic E-state index is 0.321. The summed E-state index contributed by atoms with van der Waals surface area (Å²) in [7, 11) is 4.66. The van der Waals surface area contributed by atoms with Crippen LogP contribution in [0.5, 0.6) is 17.2 Å². The number of benzene rings is 2. The van der Waals surface area contributed by atoms with E-state index in [4.69, 9.17) is 14.2 Å². The maximum Gasteiger partial charge on any atom is 0.233 e. The monoisotopic (exact) mass is 497 g/mol. The molecule has 0 aliphatic carbocycles. The lowest BCUT2D eigenvalue weighted by Crippen LogP contribution is -2.04. The molecule has 2 aromatic carbocycles. The molecule has 4 aromatic rings. The van der Waals surface area contributed by atoms with Crippen LogP contribution < -0.4 is 24.8 Å². The van der Waals surface area contributed by atoms with Crippen LogP contribution in [0.25, 0.3) is 11.3 Å². The van der Waals surface area contributed by atoms with Crippen molar-refractivity contribution >= 4 is 39.3 Å². The van der Waals surface area contributed by atoms with Crippen molar-refractivity contribution in [1.29, 1.82) is 0 Å². The van der Waals surface area contributed by atoms with Gasteiger partial charge in [-0.2, -0.15) is 10.1 Å². The molecule has 0 bridgehead atoms. The van der Waals surface area contributed by atoms with Gasteiger partial charge in [-0.3, -0.25) is 5.10 Å². The zero-order chi connectivity index (χ0) is 22.5. The number of H-pyrrole nitrogens is 1. The van der Waals surface area contributed by atoms with Crippen molar-refractivity contribution in [3.8, 4) is 28.5 Å². The molecule has 0 saturated heterocycles. The summed E-state index contributed by atoms with van der Waals surface area (Å²) in [5, 5.41) is 13.5. The topological polar surface area (TPSA) is 119 Å². The molecule has 2 heterocycles. The molecule has 164 valence electrons. The molecule has 0 amide bonds. The summed E-state index contributed by atoms with van der Waals surface area (Å²) in [6.07, 6.45) is 1.40. The maximum absolute atomic E-state index is 5.38. The summed E-state index contributed by atoms with van der Waals surface area (Å²) >= 11 is 3.58. The Morgan fingerprint density at radius 1 is 0.875 bits per heavy atom. The number of halogens is 1. The van der Waals surface area contributed by atoms with Crippen LogP contribution in [0.3, 0.4) is 0 Å². The molecule has 32 heavy (non-hydrogen) atoms. The highest BCUT2D eigenvalue weighted by molar-refractivity contribution is 9.10. The number of aromatic nitrogens is 5. The average molecular weight is 498 g/mol. The van der Waals surface area contributed by atoms with E-state index in [1.807, 2.05) is 30.3 Å². The molecular weight excluding hydrogens is 478 g/mol. The SMILES string of the molecule is COc1cc(Nc2ncnc(Nc3n[nH]c(-c4ccccc4)c3Br)n2)cc(OC)c1OC. The number of anilines is 4. The Morgan fingerprint density at radius 3 is 2.16 bits per heavy atom. The van der Waals surface area contributed by atoms with E-state index in [0.29, 0.717) is 40.7 Å². The van der Waals surface area contributed by atoms with Crippen LogP contribution in [-0.2, 0) is 0 Å². The van der Waals surface area contributed by atoms with Gasteiger partial charge >= 0.3 is 0 Å². The fraction of sp³-hybridized carbons (Fsp3) is 0.143. The van der Waals surface area contributed by atoms with Gasteiger partial charge in [0.2, 0.25) is 17.6 Å². The molecule has 10 nitrogen and oxygen atoms in total. The molecule has 0 saturated carbocycles. The van der Waals surface area contributed by atoms with Gasteiger partial charge in [0.05, 0.1) is 31.5 Å². The summed E-state index contributed by atoms with van der Waals surface area (Å²) in [5.74, 6) is 2.71. The van der Waals surface area contributed by atoms with Crippen LogP contribution in [0.4, 0.5) is 23.4 Å². The molecule has 0 unspecified atom stereocenters. The molecule has 0 atom stereocenters. The Kier molecular flexibility index (Phi) is 6.36. The highest BCUT2D eigenvalue weighted by Crippen LogP contribution is 2.40.